The molecule has 2 atom stereocenters. The number of unbranched alkanes of at least 4 members (excludes halogenated alkanes) is 2. The van der Waals surface area contributed by atoms with Crippen LogP contribution in [0, 0.1) is 5.92 Å². The molecule has 0 heterocycles. The van der Waals surface area contributed by atoms with Crippen molar-refractivity contribution in [2.24, 2.45) is 5.92 Å². The Morgan fingerprint density at radius 3 is 2.40 bits per heavy atom. The van der Waals surface area contributed by atoms with E-state index in [0.29, 0.717) is 11.1 Å². The standard InChI is InChI=1S/C21H29BO3/c1-4-5-6-7-15-11-18(23)20(19(24)12-15)17-10-13(2)8-9-16(17)14(3)21(22)25/h10-12,16-17,23-25H,4-9H2,1-3H3/b21-14-. The van der Waals surface area contributed by atoms with E-state index in [0.717, 1.165) is 44.1 Å². The molecule has 3 N–H and O–H groups in total. The number of allylic oxidation sites excluding steroid dienone is 3. The summed E-state index contributed by atoms with van der Waals surface area (Å²) in [6.45, 7) is 6.02. The number of aliphatic hydroxyl groups excluding tert-OH is 1. The lowest BCUT2D eigenvalue weighted by molar-refractivity contribution is 0.388. The number of benzene rings is 1. The first-order chi connectivity index (χ1) is 11.8. The molecule has 1 aromatic carbocycles. The van der Waals surface area contributed by atoms with Crippen LogP contribution in [0.5, 0.6) is 11.5 Å². The van der Waals surface area contributed by atoms with Gasteiger partial charge in [-0.3, -0.25) is 0 Å². The molecule has 0 aliphatic heterocycles. The molecule has 2 unspecified atom stereocenters. The third-order valence-corrected chi connectivity index (χ3v) is 5.31. The molecular weight excluding hydrogens is 311 g/mol. The van der Waals surface area contributed by atoms with E-state index in [1.807, 2.05) is 6.92 Å². The zero-order chi connectivity index (χ0) is 18.6. The SMILES string of the molecule is [B]/C(O)=C(\C)C1CCC(C)=CC1c1c(O)cc(CCCCC)cc1O. The van der Waals surface area contributed by atoms with Crippen LogP contribution in [-0.2, 0) is 6.42 Å². The minimum Gasteiger partial charge on any atom is -0.524 e. The second kappa shape index (κ2) is 8.51. The molecule has 1 aliphatic rings. The molecule has 2 rings (SSSR count). The molecule has 0 spiro atoms. The smallest absolute Gasteiger partial charge is 0.166 e. The van der Waals surface area contributed by atoms with Gasteiger partial charge < -0.3 is 15.3 Å². The predicted molar refractivity (Wildman–Crippen MR) is 103 cm³/mol. The molecule has 1 aliphatic carbocycles. The van der Waals surface area contributed by atoms with E-state index >= 15 is 0 Å². The molecule has 25 heavy (non-hydrogen) atoms. The highest BCUT2D eigenvalue weighted by Crippen LogP contribution is 2.47. The molecule has 0 bridgehead atoms. The maximum absolute atomic E-state index is 10.6. The summed E-state index contributed by atoms with van der Waals surface area (Å²) in [7, 11) is 5.60. The van der Waals surface area contributed by atoms with E-state index in [1.54, 1.807) is 12.1 Å². The molecule has 2 radical (unpaired) electrons. The average molecular weight is 340 g/mol. The molecule has 4 heteroatoms. The van der Waals surface area contributed by atoms with Crippen LogP contribution in [-0.4, -0.2) is 23.2 Å². The van der Waals surface area contributed by atoms with Gasteiger partial charge in [0.2, 0.25) is 0 Å². The summed E-state index contributed by atoms with van der Waals surface area (Å²) in [5.41, 5.74) is 3.24. The summed E-state index contributed by atoms with van der Waals surface area (Å²) in [6.07, 6.45) is 7.99. The summed E-state index contributed by atoms with van der Waals surface area (Å²) >= 11 is 0. The van der Waals surface area contributed by atoms with Gasteiger partial charge in [-0.05, 0) is 68.7 Å². The molecule has 0 amide bonds. The summed E-state index contributed by atoms with van der Waals surface area (Å²) in [6, 6.07) is 3.53. The van der Waals surface area contributed by atoms with Crippen LogP contribution in [0.2, 0.25) is 0 Å². The molecule has 1 aromatic rings. The fraction of sp³-hybridized carbons (Fsp3) is 0.524. The molecule has 0 saturated heterocycles. The van der Waals surface area contributed by atoms with Crippen molar-refractivity contribution in [3.8, 4) is 11.5 Å². The number of hydrogen-bond acceptors (Lipinski definition) is 3. The number of aryl methyl sites for hydroxylation is 1. The topological polar surface area (TPSA) is 60.7 Å². The van der Waals surface area contributed by atoms with Gasteiger partial charge in [-0.25, -0.2) is 0 Å². The Morgan fingerprint density at radius 2 is 1.84 bits per heavy atom. The van der Waals surface area contributed by atoms with Crippen LogP contribution < -0.4 is 0 Å². The minimum absolute atomic E-state index is 0.0311. The maximum Gasteiger partial charge on any atom is 0.166 e. The summed E-state index contributed by atoms with van der Waals surface area (Å²) in [5.74, 6) is 0.0223. The average Bonchev–Trinajstić information content (AvgIpc) is 2.54. The van der Waals surface area contributed by atoms with Crippen LogP contribution in [0.4, 0.5) is 0 Å². The Balaban J connectivity index is 2.40. The monoisotopic (exact) mass is 340 g/mol. The summed E-state index contributed by atoms with van der Waals surface area (Å²) in [4.78, 5) is 0. The van der Waals surface area contributed by atoms with Crippen molar-refractivity contribution in [1.29, 1.82) is 0 Å². The van der Waals surface area contributed by atoms with Crippen molar-refractivity contribution >= 4 is 7.85 Å². The largest absolute Gasteiger partial charge is 0.524 e. The Labute approximate surface area is 152 Å². The number of aliphatic hydroxyl groups is 1. The van der Waals surface area contributed by atoms with Gasteiger partial charge in [-0.15, -0.1) is 0 Å². The normalized spacial score (nSPS) is 21.6. The number of phenols is 2. The van der Waals surface area contributed by atoms with E-state index in [-0.39, 0.29) is 29.0 Å². The van der Waals surface area contributed by atoms with Crippen molar-refractivity contribution in [2.45, 2.75) is 65.2 Å². The first kappa shape index (κ1) is 19.5. The Kier molecular flexibility index (Phi) is 6.63. The van der Waals surface area contributed by atoms with Crippen LogP contribution >= 0.6 is 0 Å². The zero-order valence-corrected chi connectivity index (χ0v) is 15.5. The van der Waals surface area contributed by atoms with Crippen LogP contribution in [0.25, 0.3) is 0 Å². The van der Waals surface area contributed by atoms with Gasteiger partial charge in [0.15, 0.2) is 7.85 Å². The summed E-state index contributed by atoms with van der Waals surface area (Å²) < 4.78 is 0. The van der Waals surface area contributed by atoms with Crippen LogP contribution in [0.3, 0.4) is 0 Å². The summed E-state index contributed by atoms with van der Waals surface area (Å²) in [5, 5.41) is 30.9. The predicted octanol–water partition coefficient (Wildman–Crippen LogP) is 5.23. The van der Waals surface area contributed by atoms with Crippen molar-refractivity contribution in [3.05, 3.63) is 46.1 Å². The Bertz CT molecular complexity index is 649. The van der Waals surface area contributed by atoms with E-state index in [9.17, 15) is 15.3 Å². The van der Waals surface area contributed by atoms with Gasteiger partial charge in [0.1, 0.15) is 11.5 Å². The number of rotatable bonds is 6. The lowest BCUT2D eigenvalue weighted by Crippen LogP contribution is -2.19. The maximum atomic E-state index is 10.6. The number of phenolic OH excluding ortho intramolecular Hbond substituents is 2. The lowest BCUT2D eigenvalue weighted by Gasteiger charge is -2.32. The third-order valence-electron chi connectivity index (χ3n) is 5.31. The third kappa shape index (κ3) is 4.62. The molecule has 134 valence electrons. The highest BCUT2D eigenvalue weighted by Gasteiger charge is 2.31. The van der Waals surface area contributed by atoms with E-state index in [2.05, 4.69) is 19.9 Å². The minimum atomic E-state index is -0.191. The molecule has 3 nitrogen and oxygen atoms in total. The van der Waals surface area contributed by atoms with Crippen molar-refractivity contribution in [1.82, 2.24) is 0 Å². The first-order valence-corrected chi connectivity index (χ1v) is 9.22. The van der Waals surface area contributed by atoms with Crippen molar-refractivity contribution < 1.29 is 15.3 Å². The fourth-order valence-corrected chi connectivity index (χ4v) is 3.77. The van der Waals surface area contributed by atoms with Gasteiger partial charge in [-0.1, -0.05) is 31.4 Å². The second-order valence-electron chi connectivity index (χ2n) is 7.26. The number of aromatic hydroxyl groups is 2. The van der Waals surface area contributed by atoms with Crippen molar-refractivity contribution in [2.75, 3.05) is 0 Å². The van der Waals surface area contributed by atoms with Gasteiger partial charge >= 0.3 is 0 Å². The van der Waals surface area contributed by atoms with Gasteiger partial charge in [0, 0.05) is 17.1 Å². The van der Waals surface area contributed by atoms with E-state index in [4.69, 9.17) is 7.85 Å². The first-order valence-electron chi connectivity index (χ1n) is 9.22. The van der Waals surface area contributed by atoms with Gasteiger partial charge in [-0.2, -0.15) is 0 Å². The van der Waals surface area contributed by atoms with Crippen LogP contribution in [0.15, 0.2) is 35.0 Å². The van der Waals surface area contributed by atoms with Gasteiger partial charge in [0.05, 0.1) is 0 Å². The Morgan fingerprint density at radius 1 is 1.20 bits per heavy atom. The highest BCUT2D eigenvalue weighted by atomic mass is 16.3. The van der Waals surface area contributed by atoms with E-state index < -0.39 is 0 Å². The van der Waals surface area contributed by atoms with E-state index in [1.165, 1.54) is 5.57 Å². The second-order valence-corrected chi connectivity index (χ2v) is 7.26. The lowest BCUT2D eigenvalue weighted by atomic mass is 9.72. The van der Waals surface area contributed by atoms with Gasteiger partial charge in [0.25, 0.3) is 0 Å². The quantitative estimate of drug-likeness (QED) is 0.288. The number of hydrogen-bond donors (Lipinski definition) is 3. The molecule has 0 saturated carbocycles. The zero-order valence-electron chi connectivity index (χ0n) is 15.5. The van der Waals surface area contributed by atoms with Crippen LogP contribution in [0.1, 0.15) is 69.9 Å². The highest BCUT2D eigenvalue weighted by molar-refractivity contribution is 6.20. The van der Waals surface area contributed by atoms with Crippen molar-refractivity contribution in [3.63, 3.8) is 0 Å². The Hall–Kier alpha value is -1.84. The molecule has 0 fully saturated rings. The molecular formula is C21H29BO3. The molecule has 0 aromatic heterocycles. The fourth-order valence-electron chi connectivity index (χ4n) is 3.77.